The third kappa shape index (κ3) is 15.0. The van der Waals surface area contributed by atoms with E-state index in [9.17, 15) is 0 Å². The van der Waals surface area contributed by atoms with E-state index < -0.39 is 0 Å². The van der Waals surface area contributed by atoms with Crippen LogP contribution in [0.25, 0.3) is 0 Å². The molecule has 0 bridgehead atoms. The van der Waals surface area contributed by atoms with E-state index in [1.54, 1.807) is 5.01 Å². The molecule has 0 aliphatic carbocycles. The number of unbranched alkanes of at least 4 members (excludes halogenated alkanes) is 5. The molecule has 0 unspecified atom stereocenters. The topological polar surface area (TPSA) is 55.3 Å². The van der Waals surface area contributed by atoms with Crippen LogP contribution in [-0.4, -0.2) is 11.6 Å². The number of nitrogens with two attached hydrogens (primary N) is 2. The first kappa shape index (κ1) is 19.4. The van der Waals surface area contributed by atoms with Crippen LogP contribution in [0.3, 0.4) is 0 Å². The van der Waals surface area contributed by atoms with Crippen LogP contribution in [0.4, 0.5) is 0 Å². The van der Waals surface area contributed by atoms with Gasteiger partial charge in [0.25, 0.3) is 0 Å². The van der Waals surface area contributed by atoms with Gasteiger partial charge in [-0.2, -0.15) is 0 Å². The molecule has 0 aromatic carbocycles. The van der Waals surface area contributed by atoms with Crippen LogP contribution in [0.5, 0.6) is 0 Å². The molecule has 0 heterocycles. The Bertz CT molecular complexity index is 190. The van der Waals surface area contributed by atoms with Crippen molar-refractivity contribution >= 4 is 0 Å². The van der Waals surface area contributed by atoms with Crippen molar-refractivity contribution in [2.24, 2.45) is 11.6 Å². The predicted octanol–water partition coefficient (Wildman–Crippen LogP) is 3.93. The second kappa shape index (κ2) is 16.0. The Balaban J connectivity index is 0. The average Bonchev–Trinajstić information content (AvgIpc) is 2.38. The molecule has 0 fully saturated rings. The second-order valence-electron chi connectivity index (χ2n) is 4.46. The lowest BCUT2D eigenvalue weighted by atomic mass is 10.1. The van der Waals surface area contributed by atoms with Crippen molar-refractivity contribution in [1.29, 1.82) is 0 Å². The van der Waals surface area contributed by atoms with E-state index in [1.807, 2.05) is 6.20 Å². The summed E-state index contributed by atoms with van der Waals surface area (Å²) in [5, 5.41) is 1.71. The largest absolute Gasteiger partial charge is 0.401 e. The highest BCUT2D eigenvalue weighted by atomic mass is 15.4. The molecule has 0 aromatic heterocycles. The zero-order chi connectivity index (χ0) is 14.2. The fourth-order valence-electron chi connectivity index (χ4n) is 1.62. The van der Waals surface area contributed by atoms with E-state index in [1.165, 1.54) is 38.5 Å². The molecule has 0 aliphatic heterocycles. The van der Waals surface area contributed by atoms with Crippen LogP contribution in [0, 0.1) is 0 Å². The highest BCUT2D eigenvalue weighted by Crippen LogP contribution is 2.08. The maximum atomic E-state index is 5.90. The number of hydrogen-bond acceptors (Lipinski definition) is 3. The van der Waals surface area contributed by atoms with Gasteiger partial charge in [-0.1, -0.05) is 46.0 Å². The van der Waals surface area contributed by atoms with Crippen molar-refractivity contribution in [3.63, 3.8) is 0 Å². The number of nitrogens with zero attached hydrogens (tertiary/aromatic N) is 1. The average molecular weight is 255 g/mol. The van der Waals surface area contributed by atoms with Gasteiger partial charge in [-0.25, -0.2) is 5.84 Å². The van der Waals surface area contributed by atoms with Crippen LogP contribution < -0.4 is 11.6 Å². The van der Waals surface area contributed by atoms with Gasteiger partial charge in [0.2, 0.25) is 0 Å². The normalized spacial score (nSPS) is 10.7. The SMILES string of the molecule is C=C.CCCCCCC/C(N)=C/N(N)CCCC. The van der Waals surface area contributed by atoms with Crippen LogP contribution in [0.15, 0.2) is 25.1 Å². The zero-order valence-electron chi connectivity index (χ0n) is 12.5. The van der Waals surface area contributed by atoms with Crippen LogP contribution >= 0.6 is 0 Å². The first-order valence-corrected chi connectivity index (χ1v) is 7.18. The lowest BCUT2D eigenvalue weighted by molar-refractivity contribution is 0.379. The van der Waals surface area contributed by atoms with Crippen molar-refractivity contribution in [3.05, 3.63) is 25.1 Å². The van der Waals surface area contributed by atoms with Crippen molar-refractivity contribution in [2.75, 3.05) is 6.54 Å². The molecular weight excluding hydrogens is 222 g/mol. The quantitative estimate of drug-likeness (QED) is 0.269. The molecule has 0 saturated heterocycles. The Morgan fingerprint density at radius 1 is 1.00 bits per heavy atom. The van der Waals surface area contributed by atoms with Crippen LogP contribution in [0.2, 0.25) is 0 Å². The molecule has 0 rings (SSSR count). The van der Waals surface area contributed by atoms with Gasteiger partial charge in [0.15, 0.2) is 0 Å². The monoisotopic (exact) mass is 255 g/mol. The summed E-state index contributed by atoms with van der Waals surface area (Å²) < 4.78 is 0. The van der Waals surface area contributed by atoms with Gasteiger partial charge in [0.1, 0.15) is 0 Å². The molecule has 0 atom stereocenters. The number of hydrazine groups is 1. The Morgan fingerprint density at radius 2 is 1.56 bits per heavy atom. The first-order valence-electron chi connectivity index (χ1n) is 7.18. The predicted molar refractivity (Wildman–Crippen MR) is 82.7 cm³/mol. The summed E-state index contributed by atoms with van der Waals surface area (Å²) in [5.41, 5.74) is 6.81. The third-order valence-corrected chi connectivity index (χ3v) is 2.67. The molecule has 3 nitrogen and oxygen atoms in total. The minimum Gasteiger partial charge on any atom is -0.401 e. The molecule has 108 valence electrons. The Kier molecular flexibility index (Phi) is 17.3. The Labute approximate surface area is 114 Å². The van der Waals surface area contributed by atoms with Gasteiger partial charge in [-0.15, -0.1) is 13.2 Å². The summed E-state index contributed by atoms with van der Waals surface area (Å²) in [4.78, 5) is 0. The Hall–Kier alpha value is -0.960. The third-order valence-electron chi connectivity index (χ3n) is 2.67. The van der Waals surface area contributed by atoms with Gasteiger partial charge in [0, 0.05) is 18.4 Å². The molecule has 0 saturated carbocycles. The molecule has 0 aromatic rings. The minimum absolute atomic E-state index is 0.896. The van der Waals surface area contributed by atoms with Gasteiger partial charge >= 0.3 is 0 Å². The summed E-state index contributed by atoms with van der Waals surface area (Å²) in [6, 6.07) is 0. The van der Waals surface area contributed by atoms with E-state index in [0.29, 0.717) is 0 Å². The minimum atomic E-state index is 0.896. The van der Waals surface area contributed by atoms with Crippen molar-refractivity contribution in [1.82, 2.24) is 5.01 Å². The second-order valence-corrected chi connectivity index (χ2v) is 4.46. The lowest BCUT2D eigenvalue weighted by Gasteiger charge is -2.14. The molecule has 0 aliphatic rings. The summed E-state index contributed by atoms with van der Waals surface area (Å²) in [6.07, 6.45) is 11.6. The van der Waals surface area contributed by atoms with E-state index in [4.69, 9.17) is 11.6 Å². The molecular formula is C15H33N3. The fraction of sp³-hybridized carbons (Fsp3) is 0.733. The van der Waals surface area contributed by atoms with Gasteiger partial charge < -0.3 is 10.7 Å². The smallest absolute Gasteiger partial charge is 0.0342 e. The van der Waals surface area contributed by atoms with E-state index in [0.717, 1.165) is 25.1 Å². The van der Waals surface area contributed by atoms with Crippen molar-refractivity contribution in [3.8, 4) is 0 Å². The van der Waals surface area contributed by atoms with Crippen molar-refractivity contribution in [2.45, 2.75) is 65.2 Å². The summed E-state index contributed by atoms with van der Waals surface area (Å²) in [5.74, 6) is 5.79. The molecule has 18 heavy (non-hydrogen) atoms. The molecule has 4 N–H and O–H groups in total. The van der Waals surface area contributed by atoms with Gasteiger partial charge in [-0.05, 0) is 19.3 Å². The summed E-state index contributed by atoms with van der Waals surface area (Å²) in [7, 11) is 0. The van der Waals surface area contributed by atoms with Gasteiger partial charge in [0.05, 0.1) is 0 Å². The highest BCUT2D eigenvalue weighted by molar-refractivity contribution is 4.94. The summed E-state index contributed by atoms with van der Waals surface area (Å²) >= 11 is 0. The van der Waals surface area contributed by atoms with E-state index in [2.05, 4.69) is 27.0 Å². The van der Waals surface area contributed by atoms with Crippen molar-refractivity contribution < 1.29 is 0 Å². The van der Waals surface area contributed by atoms with Crippen LogP contribution in [-0.2, 0) is 0 Å². The molecule has 0 radical (unpaired) electrons. The molecule has 0 amide bonds. The van der Waals surface area contributed by atoms with E-state index >= 15 is 0 Å². The maximum absolute atomic E-state index is 5.90. The standard InChI is InChI=1S/C13H29N3.C2H4/c1-3-5-7-8-9-10-13(14)12-16(15)11-6-4-2;1-2/h12H,3-11,14-15H2,1-2H3;1-2H2/b13-12-;. The maximum Gasteiger partial charge on any atom is 0.0342 e. The van der Waals surface area contributed by atoms with Gasteiger partial charge in [-0.3, -0.25) is 0 Å². The number of rotatable bonds is 10. The Morgan fingerprint density at radius 3 is 2.11 bits per heavy atom. The number of allylic oxidation sites excluding steroid dienone is 1. The number of hydrogen-bond donors (Lipinski definition) is 2. The molecule has 0 spiro atoms. The lowest BCUT2D eigenvalue weighted by Crippen LogP contribution is -2.27. The highest BCUT2D eigenvalue weighted by Gasteiger charge is 1.96. The van der Waals surface area contributed by atoms with Crippen LogP contribution in [0.1, 0.15) is 65.2 Å². The fourth-order valence-corrected chi connectivity index (χ4v) is 1.62. The zero-order valence-corrected chi connectivity index (χ0v) is 12.5. The summed E-state index contributed by atoms with van der Waals surface area (Å²) in [6.45, 7) is 11.3. The van der Waals surface area contributed by atoms with E-state index in [-0.39, 0.29) is 0 Å². The first-order chi connectivity index (χ1) is 8.70. The molecule has 3 heteroatoms.